The highest BCUT2D eigenvalue weighted by molar-refractivity contribution is 5.95. The van der Waals surface area contributed by atoms with Gasteiger partial charge in [0, 0.05) is 5.70 Å². The van der Waals surface area contributed by atoms with Crippen molar-refractivity contribution in [3.05, 3.63) is 70.9 Å². The van der Waals surface area contributed by atoms with Crippen molar-refractivity contribution >= 4 is 12.0 Å². The zero-order valence-electron chi connectivity index (χ0n) is 16.2. The molecule has 0 aromatic heterocycles. The highest BCUT2D eigenvalue weighted by Gasteiger charge is 2.32. The fourth-order valence-corrected chi connectivity index (χ4v) is 3.12. The molecule has 28 heavy (non-hydrogen) atoms. The third kappa shape index (κ3) is 4.17. The Labute approximate surface area is 164 Å². The molecule has 0 bridgehead atoms. The first-order valence-corrected chi connectivity index (χ1v) is 9.34. The Balaban J connectivity index is 1.89. The van der Waals surface area contributed by atoms with Gasteiger partial charge in [0.15, 0.2) is 0 Å². The van der Waals surface area contributed by atoms with Crippen LogP contribution in [0.4, 0.5) is 4.79 Å². The quantitative estimate of drug-likeness (QED) is 0.730. The number of benzene rings is 2. The molecule has 1 heterocycles. The molecule has 1 aliphatic heterocycles. The van der Waals surface area contributed by atoms with E-state index in [0.29, 0.717) is 23.4 Å². The summed E-state index contributed by atoms with van der Waals surface area (Å²) in [6.45, 7) is 5.89. The van der Waals surface area contributed by atoms with Gasteiger partial charge in [-0.2, -0.15) is 0 Å². The van der Waals surface area contributed by atoms with E-state index in [-0.39, 0.29) is 12.6 Å². The van der Waals surface area contributed by atoms with Crippen LogP contribution in [0.15, 0.2) is 59.8 Å². The maximum absolute atomic E-state index is 12.5. The van der Waals surface area contributed by atoms with Gasteiger partial charge in [0.2, 0.25) is 0 Å². The summed E-state index contributed by atoms with van der Waals surface area (Å²) >= 11 is 0. The van der Waals surface area contributed by atoms with Crippen LogP contribution in [0.25, 0.3) is 0 Å². The molecule has 1 aliphatic rings. The van der Waals surface area contributed by atoms with E-state index in [1.54, 1.807) is 6.92 Å². The van der Waals surface area contributed by atoms with Gasteiger partial charge in [-0.25, -0.2) is 9.59 Å². The van der Waals surface area contributed by atoms with E-state index in [0.717, 1.165) is 16.9 Å². The molecule has 146 valence electrons. The first kappa shape index (κ1) is 19.5. The summed E-state index contributed by atoms with van der Waals surface area (Å²) in [5.41, 5.74) is 2.82. The third-order valence-corrected chi connectivity index (χ3v) is 4.54. The van der Waals surface area contributed by atoms with Crippen LogP contribution >= 0.6 is 0 Å². The van der Waals surface area contributed by atoms with E-state index >= 15 is 0 Å². The standard InChI is InChI=1S/C22H24N2O4/c1-4-17-19(21(25)27-5-2)20(24-22(26)23-17)15-10-12-16(13-11-15)28-18-9-7-6-8-14(18)3/h6-13,20H,4-5H2,1-3H3,(H2,23,24,26). The van der Waals surface area contributed by atoms with Crippen LogP contribution in [0.5, 0.6) is 11.5 Å². The minimum absolute atomic E-state index is 0.267. The highest BCUT2D eigenvalue weighted by atomic mass is 16.5. The number of para-hydroxylation sites is 1. The van der Waals surface area contributed by atoms with E-state index in [1.165, 1.54) is 0 Å². The molecular weight excluding hydrogens is 356 g/mol. The second-order valence-corrected chi connectivity index (χ2v) is 6.43. The van der Waals surface area contributed by atoms with Crippen LogP contribution in [-0.4, -0.2) is 18.6 Å². The second kappa shape index (κ2) is 8.61. The number of ether oxygens (including phenoxy) is 2. The smallest absolute Gasteiger partial charge is 0.338 e. The number of aryl methyl sites for hydroxylation is 1. The van der Waals surface area contributed by atoms with Gasteiger partial charge in [-0.3, -0.25) is 0 Å². The molecule has 2 N–H and O–H groups in total. The Morgan fingerprint density at radius 2 is 1.79 bits per heavy atom. The summed E-state index contributed by atoms with van der Waals surface area (Å²) in [4.78, 5) is 24.6. The zero-order chi connectivity index (χ0) is 20.1. The molecule has 1 unspecified atom stereocenters. The number of rotatable bonds is 6. The molecule has 0 saturated heterocycles. The van der Waals surface area contributed by atoms with Gasteiger partial charge in [0.05, 0.1) is 18.2 Å². The number of carbonyl (C=O) groups excluding carboxylic acids is 2. The van der Waals surface area contributed by atoms with Crippen LogP contribution in [0.1, 0.15) is 37.4 Å². The summed E-state index contributed by atoms with van der Waals surface area (Å²) in [5, 5.41) is 5.52. The summed E-state index contributed by atoms with van der Waals surface area (Å²) < 4.78 is 11.1. The number of hydrogen-bond acceptors (Lipinski definition) is 4. The van der Waals surface area contributed by atoms with Gasteiger partial charge in [-0.1, -0.05) is 37.3 Å². The van der Waals surface area contributed by atoms with Gasteiger partial charge in [-0.15, -0.1) is 0 Å². The molecule has 3 rings (SSSR count). The third-order valence-electron chi connectivity index (χ3n) is 4.54. The first-order valence-electron chi connectivity index (χ1n) is 9.34. The number of nitrogens with one attached hydrogen (secondary N) is 2. The van der Waals surface area contributed by atoms with Gasteiger partial charge in [0.25, 0.3) is 0 Å². The predicted octanol–water partition coefficient (Wildman–Crippen LogP) is 4.37. The van der Waals surface area contributed by atoms with Crippen molar-refractivity contribution in [1.29, 1.82) is 0 Å². The van der Waals surface area contributed by atoms with Crippen LogP contribution < -0.4 is 15.4 Å². The molecule has 2 aromatic carbocycles. The van der Waals surface area contributed by atoms with Crippen LogP contribution in [0, 0.1) is 6.92 Å². The molecule has 2 aromatic rings. The average Bonchev–Trinajstić information content (AvgIpc) is 2.69. The Hall–Kier alpha value is -3.28. The average molecular weight is 380 g/mol. The highest BCUT2D eigenvalue weighted by Crippen LogP contribution is 2.31. The molecule has 0 spiro atoms. The molecule has 6 heteroatoms. The fraction of sp³-hybridized carbons (Fsp3) is 0.273. The van der Waals surface area contributed by atoms with E-state index in [4.69, 9.17) is 9.47 Å². The van der Waals surface area contributed by atoms with Crippen molar-refractivity contribution in [2.24, 2.45) is 0 Å². The molecule has 0 aliphatic carbocycles. The topological polar surface area (TPSA) is 76.7 Å². The lowest BCUT2D eigenvalue weighted by molar-refractivity contribution is -0.139. The maximum Gasteiger partial charge on any atom is 0.338 e. The second-order valence-electron chi connectivity index (χ2n) is 6.43. The minimum atomic E-state index is -0.574. The van der Waals surface area contributed by atoms with Crippen molar-refractivity contribution in [3.63, 3.8) is 0 Å². The fourth-order valence-electron chi connectivity index (χ4n) is 3.12. The van der Waals surface area contributed by atoms with Crippen LogP contribution in [0.3, 0.4) is 0 Å². The van der Waals surface area contributed by atoms with Crippen molar-refractivity contribution in [1.82, 2.24) is 10.6 Å². The lowest BCUT2D eigenvalue weighted by Crippen LogP contribution is -2.45. The monoisotopic (exact) mass is 380 g/mol. The molecule has 0 fully saturated rings. The zero-order valence-corrected chi connectivity index (χ0v) is 16.2. The summed E-state index contributed by atoms with van der Waals surface area (Å²) in [6.07, 6.45) is 0.520. The number of hydrogen-bond donors (Lipinski definition) is 2. The minimum Gasteiger partial charge on any atom is -0.463 e. The Morgan fingerprint density at radius 1 is 1.07 bits per heavy atom. The van der Waals surface area contributed by atoms with Crippen molar-refractivity contribution in [2.45, 2.75) is 33.2 Å². The summed E-state index contributed by atoms with van der Waals surface area (Å²) in [6, 6.07) is 14.2. The molecule has 2 amide bonds. The Morgan fingerprint density at radius 3 is 2.43 bits per heavy atom. The lowest BCUT2D eigenvalue weighted by atomic mass is 9.94. The number of amides is 2. The van der Waals surface area contributed by atoms with Gasteiger partial charge < -0.3 is 20.1 Å². The summed E-state index contributed by atoms with van der Waals surface area (Å²) in [5.74, 6) is 1.03. The van der Waals surface area contributed by atoms with Crippen LogP contribution in [0.2, 0.25) is 0 Å². The first-order chi connectivity index (χ1) is 13.5. The van der Waals surface area contributed by atoms with Gasteiger partial charge >= 0.3 is 12.0 Å². The lowest BCUT2D eigenvalue weighted by Gasteiger charge is -2.29. The van der Waals surface area contributed by atoms with E-state index in [2.05, 4.69) is 10.6 Å². The number of urea groups is 1. The predicted molar refractivity (Wildman–Crippen MR) is 106 cm³/mol. The number of esters is 1. The molecule has 6 nitrogen and oxygen atoms in total. The van der Waals surface area contributed by atoms with Crippen molar-refractivity contribution in [3.8, 4) is 11.5 Å². The van der Waals surface area contributed by atoms with Crippen molar-refractivity contribution < 1.29 is 19.1 Å². The number of carbonyl (C=O) groups is 2. The van der Waals surface area contributed by atoms with E-state index < -0.39 is 12.0 Å². The van der Waals surface area contributed by atoms with Crippen molar-refractivity contribution in [2.75, 3.05) is 6.61 Å². The summed E-state index contributed by atoms with van der Waals surface area (Å²) in [7, 11) is 0. The largest absolute Gasteiger partial charge is 0.463 e. The normalized spacial score (nSPS) is 16.2. The Bertz CT molecular complexity index is 903. The maximum atomic E-state index is 12.5. The molecule has 0 radical (unpaired) electrons. The molecular formula is C22H24N2O4. The molecule has 0 saturated carbocycles. The van der Waals surface area contributed by atoms with Gasteiger partial charge in [-0.05, 0) is 49.6 Å². The van der Waals surface area contributed by atoms with Crippen LogP contribution in [-0.2, 0) is 9.53 Å². The van der Waals surface area contributed by atoms with Gasteiger partial charge in [0.1, 0.15) is 11.5 Å². The van der Waals surface area contributed by atoms with E-state index in [1.807, 2.05) is 62.4 Å². The SMILES string of the molecule is CCOC(=O)C1=C(CC)NC(=O)NC1c1ccc(Oc2ccccc2C)cc1. The Kier molecular flexibility index (Phi) is 5.99. The molecule has 1 atom stereocenters. The van der Waals surface area contributed by atoms with E-state index in [9.17, 15) is 9.59 Å². The number of allylic oxidation sites excluding steroid dienone is 1.